The molecule has 1 aliphatic heterocycles. The zero-order valence-electron chi connectivity index (χ0n) is 20.8. The Balaban J connectivity index is 1.45. The van der Waals surface area contributed by atoms with Crippen molar-refractivity contribution in [3.63, 3.8) is 0 Å². The second-order valence-electron chi connectivity index (χ2n) is 9.69. The molecule has 11 heteroatoms. The predicted molar refractivity (Wildman–Crippen MR) is 134 cm³/mol. The van der Waals surface area contributed by atoms with E-state index < -0.39 is 6.61 Å². The fraction of sp³-hybridized carbons (Fsp3) is 0.423. The molecule has 9 nitrogen and oxygen atoms in total. The molecular weight excluding hydrogens is 482 g/mol. The van der Waals surface area contributed by atoms with Crippen LogP contribution in [0.2, 0.25) is 0 Å². The Labute approximate surface area is 211 Å². The fourth-order valence-corrected chi connectivity index (χ4v) is 6.04. The Kier molecular flexibility index (Phi) is 5.55. The molecule has 1 amide bonds. The van der Waals surface area contributed by atoms with Crippen molar-refractivity contribution in [1.82, 2.24) is 24.0 Å². The van der Waals surface area contributed by atoms with Crippen LogP contribution < -0.4 is 15.2 Å². The van der Waals surface area contributed by atoms with E-state index in [0.29, 0.717) is 47.3 Å². The molecule has 0 radical (unpaired) electrons. The second-order valence-corrected chi connectivity index (χ2v) is 9.69. The van der Waals surface area contributed by atoms with E-state index in [1.165, 1.54) is 6.07 Å². The zero-order valence-corrected chi connectivity index (χ0v) is 20.8. The topological polar surface area (TPSA) is 100 Å². The van der Waals surface area contributed by atoms with Crippen LogP contribution in [0.5, 0.6) is 11.6 Å². The van der Waals surface area contributed by atoms with E-state index in [1.807, 2.05) is 34.1 Å². The van der Waals surface area contributed by atoms with Crippen LogP contribution in [0.15, 0.2) is 30.3 Å². The van der Waals surface area contributed by atoms with Gasteiger partial charge in [0, 0.05) is 49.2 Å². The summed E-state index contributed by atoms with van der Waals surface area (Å²) in [5, 5.41) is 0.772. The number of methoxy groups -OCH3 is 1. The summed E-state index contributed by atoms with van der Waals surface area (Å²) in [4.78, 5) is 24.6. The minimum atomic E-state index is -2.95. The van der Waals surface area contributed by atoms with Crippen LogP contribution in [0.4, 0.5) is 8.78 Å². The highest BCUT2D eigenvalue weighted by Crippen LogP contribution is 2.39. The van der Waals surface area contributed by atoms with Gasteiger partial charge in [0.05, 0.1) is 18.3 Å². The number of rotatable bonds is 6. The first-order valence-electron chi connectivity index (χ1n) is 12.4. The third-order valence-corrected chi connectivity index (χ3v) is 7.79. The summed E-state index contributed by atoms with van der Waals surface area (Å²) in [5.41, 5.74) is 9.49. The highest BCUT2D eigenvalue weighted by Gasteiger charge is 2.47. The number of aromatic nitrogens is 4. The molecule has 3 atom stereocenters. The Morgan fingerprint density at radius 3 is 2.68 bits per heavy atom. The van der Waals surface area contributed by atoms with Gasteiger partial charge in [0.1, 0.15) is 16.9 Å². The Morgan fingerprint density at radius 1 is 1.22 bits per heavy atom. The van der Waals surface area contributed by atoms with Crippen molar-refractivity contribution in [2.75, 3.05) is 13.7 Å². The molecule has 1 aromatic carbocycles. The van der Waals surface area contributed by atoms with E-state index in [9.17, 15) is 13.6 Å². The molecule has 0 spiro atoms. The monoisotopic (exact) mass is 510 g/mol. The van der Waals surface area contributed by atoms with Gasteiger partial charge in [-0.25, -0.2) is 4.98 Å². The first kappa shape index (κ1) is 23.7. The van der Waals surface area contributed by atoms with Crippen LogP contribution in [-0.4, -0.2) is 62.3 Å². The molecule has 4 aromatic rings. The number of pyridine rings is 1. The number of imidazole rings is 1. The molecule has 2 N–H and O–H groups in total. The van der Waals surface area contributed by atoms with Gasteiger partial charge in [-0.15, -0.1) is 0 Å². The lowest BCUT2D eigenvalue weighted by Gasteiger charge is -2.27. The molecule has 2 bridgehead atoms. The van der Waals surface area contributed by atoms with Crippen molar-refractivity contribution in [1.29, 1.82) is 0 Å². The van der Waals surface area contributed by atoms with Gasteiger partial charge in [-0.2, -0.15) is 13.8 Å². The first-order chi connectivity index (χ1) is 17.8. The lowest BCUT2D eigenvalue weighted by Crippen LogP contribution is -2.41. The number of hydrogen-bond acceptors (Lipinski definition) is 6. The number of benzene rings is 1. The normalized spacial score (nSPS) is 21.1. The predicted octanol–water partition coefficient (Wildman–Crippen LogP) is 3.78. The number of nitrogens with two attached hydrogens (primary N) is 1. The number of halogens is 2. The Bertz CT molecular complexity index is 1530. The van der Waals surface area contributed by atoms with Crippen molar-refractivity contribution in [3.05, 3.63) is 35.9 Å². The molecule has 1 saturated heterocycles. The van der Waals surface area contributed by atoms with Crippen molar-refractivity contribution in [3.8, 4) is 23.1 Å². The summed E-state index contributed by atoms with van der Waals surface area (Å²) < 4.78 is 39.5. The maximum Gasteiger partial charge on any atom is 0.388 e. The third-order valence-electron chi connectivity index (χ3n) is 7.79. The minimum Gasteiger partial charge on any atom is -0.494 e. The number of carbonyl (C=O) groups is 1. The summed E-state index contributed by atoms with van der Waals surface area (Å²) in [6.45, 7) is 0.204. The molecule has 1 saturated carbocycles. The molecule has 2 fully saturated rings. The van der Waals surface area contributed by atoms with Gasteiger partial charge in [-0.05, 0) is 49.9 Å². The van der Waals surface area contributed by atoms with Crippen LogP contribution in [0.25, 0.3) is 33.6 Å². The van der Waals surface area contributed by atoms with Gasteiger partial charge in [0.25, 0.3) is 5.91 Å². The third kappa shape index (κ3) is 3.63. The highest BCUT2D eigenvalue weighted by molar-refractivity contribution is 6.00. The van der Waals surface area contributed by atoms with Crippen LogP contribution in [0.3, 0.4) is 0 Å². The number of piperidine rings is 1. The number of aryl methyl sites for hydroxylation is 2. The van der Waals surface area contributed by atoms with E-state index in [4.69, 9.17) is 15.5 Å². The number of ether oxygens (including phenoxy) is 2. The van der Waals surface area contributed by atoms with Crippen LogP contribution >= 0.6 is 0 Å². The quantitative estimate of drug-likeness (QED) is 0.424. The number of amides is 1. The van der Waals surface area contributed by atoms with E-state index >= 15 is 0 Å². The van der Waals surface area contributed by atoms with Crippen molar-refractivity contribution in [2.24, 2.45) is 18.7 Å². The molecule has 1 aliphatic carbocycles. The number of fused-ring (bicyclic) bond motifs is 4. The van der Waals surface area contributed by atoms with Gasteiger partial charge >= 0.3 is 6.61 Å². The average Bonchev–Trinajstić information content (AvgIpc) is 3.62. The molecule has 3 aromatic heterocycles. The lowest BCUT2D eigenvalue weighted by molar-refractivity contribution is -0.0526. The van der Waals surface area contributed by atoms with Gasteiger partial charge in [0.2, 0.25) is 5.88 Å². The SMILES string of the molecule is CCn1c(-c2nc3cc(C(=O)N4CC5CCC4C5N)cc(OC)c3n2C)cc2ccc(OC(F)F)nc21. The van der Waals surface area contributed by atoms with Gasteiger partial charge in [-0.1, -0.05) is 0 Å². The van der Waals surface area contributed by atoms with E-state index in [1.54, 1.807) is 25.3 Å². The zero-order chi connectivity index (χ0) is 26.0. The summed E-state index contributed by atoms with van der Waals surface area (Å²) >= 11 is 0. The van der Waals surface area contributed by atoms with E-state index in [0.717, 1.165) is 29.4 Å². The number of likely N-dealkylation sites (tertiary alicyclic amines) is 1. The Hall–Kier alpha value is -3.73. The molecule has 2 aliphatic rings. The number of hydrogen-bond donors (Lipinski definition) is 1. The van der Waals surface area contributed by atoms with Crippen LogP contribution in [0.1, 0.15) is 30.1 Å². The highest BCUT2D eigenvalue weighted by atomic mass is 19.3. The number of nitrogens with zero attached hydrogens (tertiary/aromatic N) is 5. The lowest BCUT2D eigenvalue weighted by atomic mass is 10.1. The maximum absolute atomic E-state index is 13.5. The van der Waals surface area contributed by atoms with Crippen molar-refractivity contribution >= 4 is 28.0 Å². The number of alkyl halides is 2. The van der Waals surface area contributed by atoms with Crippen LogP contribution in [0, 0.1) is 5.92 Å². The van der Waals surface area contributed by atoms with E-state index in [2.05, 4.69) is 9.72 Å². The van der Waals surface area contributed by atoms with E-state index in [-0.39, 0.29) is 23.9 Å². The molecule has 37 heavy (non-hydrogen) atoms. The minimum absolute atomic E-state index is 0.0345. The average molecular weight is 511 g/mol. The fourth-order valence-electron chi connectivity index (χ4n) is 6.04. The molecule has 194 valence electrons. The molecule has 3 unspecified atom stereocenters. The standard InChI is InChI=1S/C26H28F2N6O3/c1-4-33-18(10-13-6-8-20(31-23(13)33)37-26(27)28)24-30-16-9-15(11-19(36-3)22(16)32(24)2)25(35)34-12-14-5-7-17(34)21(14)29/h6,8-11,14,17,21,26H,4-5,7,12,29H2,1-3H3. The van der Waals surface area contributed by atoms with Crippen molar-refractivity contribution < 1.29 is 23.0 Å². The second kappa shape index (κ2) is 8.69. The van der Waals surface area contributed by atoms with Crippen molar-refractivity contribution in [2.45, 2.75) is 45.0 Å². The molecular formula is C26H28F2N6O3. The summed E-state index contributed by atoms with van der Waals surface area (Å²) in [6, 6.07) is 8.71. The smallest absolute Gasteiger partial charge is 0.388 e. The largest absolute Gasteiger partial charge is 0.494 e. The first-order valence-corrected chi connectivity index (χ1v) is 12.4. The Morgan fingerprint density at radius 2 is 2.03 bits per heavy atom. The summed E-state index contributed by atoms with van der Waals surface area (Å²) in [5.74, 6) is 1.33. The maximum atomic E-state index is 13.5. The summed E-state index contributed by atoms with van der Waals surface area (Å²) in [7, 11) is 3.45. The van der Waals surface area contributed by atoms with Gasteiger partial charge in [-0.3, -0.25) is 4.79 Å². The molecule has 4 heterocycles. The summed E-state index contributed by atoms with van der Waals surface area (Å²) in [6.07, 6.45) is 2.00. The van der Waals surface area contributed by atoms with Crippen LogP contribution in [-0.2, 0) is 13.6 Å². The number of carbonyl (C=O) groups excluding carboxylic acids is 1. The molecule has 6 rings (SSSR count). The van der Waals surface area contributed by atoms with Gasteiger partial charge < -0.3 is 29.2 Å². The van der Waals surface area contributed by atoms with Gasteiger partial charge in [0.15, 0.2) is 5.82 Å².